The summed E-state index contributed by atoms with van der Waals surface area (Å²) in [5.41, 5.74) is 3.34. The molecule has 0 aliphatic carbocycles. The molecule has 0 fully saturated rings. The number of fused-ring (bicyclic) bond motifs is 1. The molecule has 0 saturated heterocycles. The number of rotatable bonds is 15. The van der Waals surface area contributed by atoms with Gasteiger partial charge in [-0.25, -0.2) is 4.98 Å². The fraction of sp³-hybridized carbons (Fsp3) is 0.429. The summed E-state index contributed by atoms with van der Waals surface area (Å²) in [5, 5.41) is 2.99. The molecule has 0 spiro atoms. The highest BCUT2D eigenvalue weighted by atomic mass is 16.5. The maximum absolute atomic E-state index is 11.7. The van der Waals surface area contributed by atoms with Crippen molar-refractivity contribution in [2.45, 2.75) is 58.4 Å². The van der Waals surface area contributed by atoms with Gasteiger partial charge in [0.05, 0.1) is 24.8 Å². The number of amides is 1. The van der Waals surface area contributed by atoms with Crippen LogP contribution in [0.3, 0.4) is 0 Å². The maximum atomic E-state index is 11.7. The second kappa shape index (κ2) is 13.4. The van der Waals surface area contributed by atoms with Crippen molar-refractivity contribution in [2.24, 2.45) is 0 Å². The van der Waals surface area contributed by atoms with E-state index in [2.05, 4.69) is 34.7 Å². The number of methoxy groups -OCH3 is 1. The van der Waals surface area contributed by atoms with Crippen molar-refractivity contribution in [1.29, 1.82) is 0 Å². The summed E-state index contributed by atoms with van der Waals surface area (Å²) in [7, 11) is 1.67. The van der Waals surface area contributed by atoms with E-state index in [4.69, 9.17) is 14.5 Å². The number of aromatic nitrogens is 2. The summed E-state index contributed by atoms with van der Waals surface area (Å²) in [6, 6.07) is 14.3. The standard InChI is InChI=1S/C28H37N3O3/c1-4-11-22-16-17-25(26(21-22)33-3)34-20-9-8-19-31-24-14-7-6-13-23(24)30-27(31)15-10-18-29-28(32)12-5-2/h4,6-7,13-14,16-17,21H,1,5,8-12,15,18-20H2,2-3H3,(H,29,32). The lowest BCUT2D eigenvalue weighted by Gasteiger charge is -2.13. The van der Waals surface area contributed by atoms with Crippen LogP contribution in [0.15, 0.2) is 55.1 Å². The van der Waals surface area contributed by atoms with Gasteiger partial charge in [0.15, 0.2) is 11.5 Å². The Balaban J connectivity index is 1.53. The number of imidazole rings is 1. The number of para-hydroxylation sites is 2. The first kappa shape index (κ1) is 25.3. The van der Waals surface area contributed by atoms with Crippen molar-refractivity contribution in [1.82, 2.24) is 14.9 Å². The second-order valence-corrected chi connectivity index (χ2v) is 8.41. The first-order chi connectivity index (χ1) is 16.7. The fourth-order valence-corrected chi connectivity index (χ4v) is 4.03. The zero-order valence-corrected chi connectivity index (χ0v) is 20.5. The van der Waals surface area contributed by atoms with Crippen LogP contribution < -0.4 is 14.8 Å². The molecule has 6 nitrogen and oxygen atoms in total. The van der Waals surface area contributed by atoms with E-state index in [0.717, 1.165) is 79.0 Å². The Bertz CT molecular complexity index is 1070. The van der Waals surface area contributed by atoms with Crippen LogP contribution in [0.2, 0.25) is 0 Å². The molecule has 2 aromatic carbocycles. The number of allylic oxidation sites excluding steroid dienone is 1. The van der Waals surface area contributed by atoms with E-state index in [1.54, 1.807) is 7.11 Å². The molecule has 34 heavy (non-hydrogen) atoms. The average molecular weight is 464 g/mol. The van der Waals surface area contributed by atoms with Gasteiger partial charge in [0.25, 0.3) is 0 Å². The van der Waals surface area contributed by atoms with Crippen LogP contribution in [0, 0.1) is 0 Å². The van der Waals surface area contributed by atoms with E-state index in [-0.39, 0.29) is 5.91 Å². The first-order valence-electron chi connectivity index (χ1n) is 12.3. The van der Waals surface area contributed by atoms with Gasteiger partial charge >= 0.3 is 0 Å². The largest absolute Gasteiger partial charge is 0.493 e. The fourth-order valence-electron chi connectivity index (χ4n) is 4.03. The van der Waals surface area contributed by atoms with E-state index in [0.29, 0.717) is 19.6 Å². The highest BCUT2D eigenvalue weighted by Crippen LogP contribution is 2.28. The van der Waals surface area contributed by atoms with Crippen LogP contribution in [0.1, 0.15) is 50.4 Å². The van der Waals surface area contributed by atoms with Crippen LogP contribution in [0.25, 0.3) is 11.0 Å². The quantitative estimate of drug-likeness (QED) is 0.239. The van der Waals surface area contributed by atoms with Crippen LogP contribution in [0.4, 0.5) is 0 Å². The Kier molecular flexibility index (Phi) is 10.0. The van der Waals surface area contributed by atoms with Crippen LogP contribution in [0.5, 0.6) is 11.5 Å². The first-order valence-corrected chi connectivity index (χ1v) is 12.3. The van der Waals surface area contributed by atoms with Crippen molar-refractivity contribution in [3.8, 4) is 11.5 Å². The van der Waals surface area contributed by atoms with Crippen LogP contribution in [-0.4, -0.2) is 35.7 Å². The summed E-state index contributed by atoms with van der Waals surface area (Å²) < 4.78 is 13.8. The molecule has 0 aliphatic heterocycles. The van der Waals surface area contributed by atoms with Crippen molar-refractivity contribution in [3.05, 3.63) is 66.5 Å². The Morgan fingerprint density at radius 2 is 2.00 bits per heavy atom. The van der Waals surface area contributed by atoms with Gasteiger partial charge in [-0.15, -0.1) is 6.58 Å². The predicted molar refractivity (Wildman–Crippen MR) is 138 cm³/mol. The zero-order valence-electron chi connectivity index (χ0n) is 20.5. The summed E-state index contributed by atoms with van der Waals surface area (Å²) in [4.78, 5) is 16.6. The number of nitrogens with zero attached hydrogens (tertiary/aromatic N) is 2. The molecule has 0 aliphatic rings. The molecule has 1 heterocycles. The normalized spacial score (nSPS) is 10.9. The third-order valence-electron chi connectivity index (χ3n) is 5.75. The summed E-state index contributed by atoms with van der Waals surface area (Å²) in [5.74, 6) is 2.73. The van der Waals surface area contributed by atoms with Crippen LogP contribution >= 0.6 is 0 Å². The molecule has 0 atom stereocenters. The molecule has 1 amide bonds. The monoisotopic (exact) mass is 463 g/mol. The second-order valence-electron chi connectivity index (χ2n) is 8.41. The van der Waals surface area contributed by atoms with Crippen molar-refractivity contribution < 1.29 is 14.3 Å². The minimum atomic E-state index is 0.128. The van der Waals surface area contributed by atoms with Crippen molar-refractivity contribution >= 4 is 16.9 Å². The third kappa shape index (κ3) is 7.11. The highest BCUT2D eigenvalue weighted by molar-refractivity contribution is 5.76. The number of unbranched alkanes of at least 4 members (excludes halogenated alkanes) is 1. The molecule has 0 radical (unpaired) electrons. The Morgan fingerprint density at radius 1 is 1.15 bits per heavy atom. The predicted octanol–water partition coefficient (Wildman–Crippen LogP) is 5.48. The van der Waals surface area contributed by atoms with Gasteiger partial charge in [0.1, 0.15) is 5.82 Å². The summed E-state index contributed by atoms with van der Waals surface area (Å²) >= 11 is 0. The molecule has 182 valence electrons. The molecule has 1 N–H and O–H groups in total. The molecule has 1 aromatic heterocycles. The third-order valence-corrected chi connectivity index (χ3v) is 5.75. The Hall–Kier alpha value is -3.28. The minimum Gasteiger partial charge on any atom is -0.493 e. The number of aryl methyl sites for hydroxylation is 2. The van der Waals surface area contributed by atoms with E-state index in [1.807, 2.05) is 37.3 Å². The van der Waals surface area contributed by atoms with Crippen LogP contribution in [-0.2, 0) is 24.2 Å². The van der Waals surface area contributed by atoms with E-state index in [1.165, 1.54) is 0 Å². The number of nitrogens with one attached hydrogen (secondary N) is 1. The summed E-state index contributed by atoms with van der Waals surface area (Å²) in [6.07, 6.45) is 7.78. The van der Waals surface area contributed by atoms with E-state index in [9.17, 15) is 4.79 Å². The molecule has 0 bridgehead atoms. The topological polar surface area (TPSA) is 65.4 Å². The average Bonchev–Trinajstić information content (AvgIpc) is 3.20. The number of ether oxygens (including phenoxy) is 2. The van der Waals surface area contributed by atoms with Gasteiger partial charge in [0, 0.05) is 25.9 Å². The lowest BCUT2D eigenvalue weighted by molar-refractivity contribution is -0.121. The number of carbonyl (C=O) groups excluding carboxylic acids is 1. The molecule has 3 rings (SSSR count). The van der Waals surface area contributed by atoms with E-state index < -0.39 is 0 Å². The van der Waals surface area contributed by atoms with Gasteiger partial charge in [-0.3, -0.25) is 4.79 Å². The van der Waals surface area contributed by atoms with E-state index >= 15 is 0 Å². The Morgan fingerprint density at radius 3 is 2.79 bits per heavy atom. The molecule has 6 heteroatoms. The lowest BCUT2D eigenvalue weighted by atomic mass is 10.1. The minimum absolute atomic E-state index is 0.128. The molecule has 0 unspecified atom stereocenters. The SMILES string of the molecule is C=CCc1ccc(OCCCCn2c(CCCNC(=O)CCC)nc3ccccc32)c(OC)c1. The van der Waals surface area contributed by atoms with Crippen molar-refractivity contribution in [2.75, 3.05) is 20.3 Å². The highest BCUT2D eigenvalue weighted by Gasteiger charge is 2.11. The smallest absolute Gasteiger partial charge is 0.219 e. The zero-order chi connectivity index (χ0) is 24.2. The van der Waals surface area contributed by atoms with Gasteiger partial charge < -0.3 is 19.4 Å². The lowest BCUT2D eigenvalue weighted by Crippen LogP contribution is -2.24. The van der Waals surface area contributed by atoms with Gasteiger partial charge in [-0.1, -0.05) is 31.2 Å². The molecule has 0 saturated carbocycles. The number of carbonyl (C=O) groups is 1. The number of benzene rings is 2. The van der Waals surface area contributed by atoms with Crippen molar-refractivity contribution in [3.63, 3.8) is 0 Å². The molecule has 3 aromatic rings. The van der Waals surface area contributed by atoms with Gasteiger partial charge in [-0.05, 0) is 61.9 Å². The molecular formula is C28H37N3O3. The van der Waals surface area contributed by atoms with Gasteiger partial charge in [-0.2, -0.15) is 0 Å². The maximum Gasteiger partial charge on any atom is 0.219 e. The Labute approximate surface area is 203 Å². The summed E-state index contributed by atoms with van der Waals surface area (Å²) in [6.45, 7) is 8.00. The number of hydrogen-bond acceptors (Lipinski definition) is 4. The number of hydrogen-bond donors (Lipinski definition) is 1. The molecular weight excluding hydrogens is 426 g/mol. The van der Waals surface area contributed by atoms with Gasteiger partial charge in [0.2, 0.25) is 5.91 Å².